The van der Waals surface area contributed by atoms with Gasteiger partial charge in [0.15, 0.2) is 5.13 Å². The van der Waals surface area contributed by atoms with Crippen LogP contribution in [0.3, 0.4) is 0 Å². The van der Waals surface area contributed by atoms with E-state index in [0.717, 1.165) is 11.3 Å². The Labute approximate surface area is 60.9 Å². The molecule has 1 rings (SSSR count). The second-order valence-corrected chi connectivity index (χ2v) is 3.70. The van der Waals surface area contributed by atoms with Gasteiger partial charge < -0.3 is 9.79 Å². The van der Waals surface area contributed by atoms with E-state index >= 15 is 0 Å². The van der Waals surface area contributed by atoms with Crippen molar-refractivity contribution in [1.82, 2.24) is 4.98 Å². The summed E-state index contributed by atoms with van der Waals surface area (Å²) in [6.45, 7) is 0. The fraction of sp³-hybridized carbons (Fsp3) is 0. The lowest BCUT2D eigenvalue weighted by atomic mass is 11.0. The molecule has 1 heterocycles. The van der Waals surface area contributed by atoms with Crippen molar-refractivity contribution in [2.45, 2.75) is 0 Å². The van der Waals surface area contributed by atoms with Crippen LogP contribution in [0.5, 0.6) is 0 Å². The molecular weight excluding hydrogens is 175 g/mol. The fourth-order valence-electron chi connectivity index (χ4n) is 0.403. The maximum atomic E-state index is 10.2. The molecule has 0 saturated heterocycles. The third-order valence-corrected chi connectivity index (χ3v) is 2.02. The lowest BCUT2D eigenvalue weighted by Crippen LogP contribution is -1.92. The van der Waals surface area contributed by atoms with Crippen LogP contribution >= 0.6 is 19.1 Å². The molecule has 0 atom stereocenters. The van der Waals surface area contributed by atoms with E-state index < -0.39 is 7.75 Å². The second-order valence-electron chi connectivity index (χ2n) is 1.49. The van der Waals surface area contributed by atoms with Gasteiger partial charge in [-0.25, -0.2) is 9.55 Å². The molecule has 0 aliphatic carbocycles. The van der Waals surface area contributed by atoms with Crippen LogP contribution in [0.1, 0.15) is 0 Å². The molecule has 0 bridgehead atoms. The zero-order chi connectivity index (χ0) is 7.61. The predicted octanol–water partition coefficient (Wildman–Crippen LogP) is 0.648. The van der Waals surface area contributed by atoms with Gasteiger partial charge in [-0.2, -0.15) is 0 Å². The molecule has 0 spiro atoms. The maximum absolute atomic E-state index is 10.2. The van der Waals surface area contributed by atoms with Crippen molar-refractivity contribution in [1.29, 1.82) is 0 Å². The Morgan fingerprint density at radius 1 is 1.70 bits per heavy atom. The largest absolute Gasteiger partial charge is 0.429 e. The molecule has 0 radical (unpaired) electrons. The van der Waals surface area contributed by atoms with Gasteiger partial charge in [-0.05, 0) is 0 Å². The average molecular weight is 180 g/mol. The van der Waals surface area contributed by atoms with Crippen LogP contribution in [0.4, 0.5) is 5.13 Å². The Hall–Kier alpha value is -0.420. The first-order chi connectivity index (χ1) is 4.58. The summed E-state index contributed by atoms with van der Waals surface area (Å²) in [5, 5.41) is 3.79. The van der Waals surface area contributed by atoms with E-state index in [2.05, 4.69) is 4.98 Å². The number of thiazole rings is 1. The third-order valence-electron chi connectivity index (χ3n) is 0.674. The Kier molecular flexibility index (Phi) is 2.05. The lowest BCUT2D eigenvalue weighted by molar-refractivity contribution is 0.380. The minimum Gasteiger partial charge on any atom is -0.308 e. The van der Waals surface area contributed by atoms with E-state index in [1.165, 1.54) is 6.20 Å². The highest BCUT2D eigenvalue weighted by molar-refractivity contribution is 7.54. The smallest absolute Gasteiger partial charge is 0.308 e. The van der Waals surface area contributed by atoms with Crippen LogP contribution in [0, 0.1) is 0 Å². The van der Waals surface area contributed by atoms with Crippen molar-refractivity contribution in [3.8, 4) is 0 Å². The normalized spacial score (nSPS) is 11.4. The van der Waals surface area contributed by atoms with Gasteiger partial charge in [-0.15, -0.1) is 11.3 Å². The molecular formula is C3H5N2O3PS. The van der Waals surface area contributed by atoms with E-state index in [1.807, 2.05) is 5.09 Å². The third kappa shape index (κ3) is 2.45. The topological polar surface area (TPSA) is 82.5 Å². The molecule has 3 N–H and O–H groups in total. The molecule has 56 valence electrons. The number of rotatable bonds is 2. The maximum Gasteiger partial charge on any atom is 0.429 e. The van der Waals surface area contributed by atoms with Crippen molar-refractivity contribution in [2.24, 2.45) is 0 Å². The van der Waals surface area contributed by atoms with Crippen molar-refractivity contribution in [2.75, 3.05) is 5.09 Å². The molecule has 0 saturated carbocycles. The van der Waals surface area contributed by atoms with Crippen LogP contribution < -0.4 is 5.09 Å². The van der Waals surface area contributed by atoms with E-state index in [0.29, 0.717) is 0 Å². The van der Waals surface area contributed by atoms with Crippen molar-refractivity contribution in [3.05, 3.63) is 11.6 Å². The zero-order valence-corrected chi connectivity index (χ0v) is 6.47. The molecule has 10 heavy (non-hydrogen) atoms. The van der Waals surface area contributed by atoms with Gasteiger partial charge in [0, 0.05) is 11.6 Å². The first-order valence-electron chi connectivity index (χ1n) is 2.31. The second kappa shape index (κ2) is 2.67. The summed E-state index contributed by atoms with van der Waals surface area (Å²) in [4.78, 5) is 20.3. The quantitative estimate of drug-likeness (QED) is 0.582. The first-order valence-corrected chi connectivity index (χ1v) is 4.80. The molecule has 5 nitrogen and oxygen atoms in total. The summed E-state index contributed by atoms with van der Waals surface area (Å²) < 4.78 is 10.2. The van der Waals surface area contributed by atoms with Gasteiger partial charge in [0.2, 0.25) is 0 Å². The zero-order valence-electron chi connectivity index (χ0n) is 4.76. The van der Waals surface area contributed by atoms with Gasteiger partial charge in [0.1, 0.15) is 0 Å². The number of hydrogen-bond donors (Lipinski definition) is 3. The van der Waals surface area contributed by atoms with Crippen molar-refractivity contribution < 1.29 is 14.4 Å². The highest BCUT2D eigenvalue weighted by Gasteiger charge is 2.12. The predicted molar refractivity (Wildman–Crippen MR) is 37.8 cm³/mol. The van der Waals surface area contributed by atoms with Crippen LogP contribution in [0.15, 0.2) is 11.6 Å². The van der Waals surface area contributed by atoms with Gasteiger partial charge in [-0.3, -0.25) is 5.09 Å². The molecule has 0 unspecified atom stereocenters. The molecule has 1 aromatic rings. The molecule has 0 aromatic carbocycles. The van der Waals surface area contributed by atoms with Crippen LogP contribution in [0.2, 0.25) is 0 Å². The molecule has 0 fully saturated rings. The monoisotopic (exact) mass is 180 g/mol. The number of nitrogens with one attached hydrogen (secondary N) is 1. The molecule has 1 aromatic heterocycles. The Morgan fingerprint density at radius 2 is 2.40 bits per heavy atom. The summed E-state index contributed by atoms with van der Waals surface area (Å²) in [6, 6.07) is 0. The Balaban J connectivity index is 2.66. The van der Waals surface area contributed by atoms with E-state index in [1.54, 1.807) is 5.38 Å². The molecule has 7 heteroatoms. The summed E-state index contributed by atoms with van der Waals surface area (Å²) in [6.07, 6.45) is 1.46. The van der Waals surface area contributed by atoms with Crippen molar-refractivity contribution in [3.63, 3.8) is 0 Å². The van der Waals surface area contributed by atoms with Gasteiger partial charge in [0.25, 0.3) is 0 Å². The molecule has 0 amide bonds. The highest BCUT2D eigenvalue weighted by atomic mass is 32.1. The summed E-state index contributed by atoms with van der Waals surface area (Å²) >= 11 is 1.14. The van der Waals surface area contributed by atoms with Crippen molar-refractivity contribution >= 4 is 24.2 Å². The summed E-state index contributed by atoms with van der Waals surface area (Å²) in [7, 11) is -4.16. The van der Waals surface area contributed by atoms with E-state index in [4.69, 9.17) is 9.79 Å². The van der Waals surface area contributed by atoms with Gasteiger partial charge in [-0.1, -0.05) is 0 Å². The fourth-order valence-corrected chi connectivity index (χ4v) is 1.65. The number of anilines is 1. The minimum atomic E-state index is -4.16. The van der Waals surface area contributed by atoms with Crippen LogP contribution in [-0.4, -0.2) is 14.8 Å². The lowest BCUT2D eigenvalue weighted by Gasteiger charge is -2.01. The highest BCUT2D eigenvalue weighted by Crippen LogP contribution is 2.35. The standard InChI is InChI=1S/C3H5N2O3PS/c6-9(7,8)5-3-4-1-2-10-3/h1-2H,(H3,4,5,6,7,8). The van der Waals surface area contributed by atoms with Gasteiger partial charge in [0.05, 0.1) is 0 Å². The first kappa shape index (κ1) is 7.68. The van der Waals surface area contributed by atoms with Crippen LogP contribution in [-0.2, 0) is 4.57 Å². The Bertz CT molecular complexity index is 242. The van der Waals surface area contributed by atoms with E-state index in [-0.39, 0.29) is 5.13 Å². The number of nitrogens with zero attached hydrogens (tertiary/aromatic N) is 1. The minimum absolute atomic E-state index is 0.230. The number of hydrogen-bond acceptors (Lipinski definition) is 3. The summed E-state index contributed by atoms with van der Waals surface area (Å²) in [5.41, 5.74) is 0. The van der Waals surface area contributed by atoms with Gasteiger partial charge >= 0.3 is 7.75 Å². The van der Waals surface area contributed by atoms with E-state index in [9.17, 15) is 4.57 Å². The average Bonchev–Trinajstić information content (AvgIpc) is 2.12. The Morgan fingerprint density at radius 3 is 2.80 bits per heavy atom. The SMILES string of the molecule is O=P(O)(O)Nc1nccs1. The van der Waals surface area contributed by atoms with Crippen LogP contribution in [0.25, 0.3) is 0 Å². The molecule has 0 aliphatic rings. The number of aromatic nitrogens is 1. The molecule has 0 aliphatic heterocycles. The summed E-state index contributed by atoms with van der Waals surface area (Å²) in [5.74, 6) is 0.